The van der Waals surface area contributed by atoms with E-state index in [0.29, 0.717) is 0 Å². The second-order valence-corrected chi connectivity index (χ2v) is 6.38. The van der Waals surface area contributed by atoms with E-state index in [9.17, 15) is 0 Å². The van der Waals surface area contributed by atoms with Gasteiger partial charge in [-0.1, -0.05) is 37.2 Å². The average molecular weight is 243 g/mol. The summed E-state index contributed by atoms with van der Waals surface area (Å²) in [4.78, 5) is 0. The minimum atomic E-state index is 0. The standard InChI is InChI=1S/C6H11BrS2.CH4/c1-4-5(2)9-6(3-7)8-4;/h4-6H,3H2,1-2H3;1H4. The zero-order valence-electron chi connectivity index (χ0n) is 5.63. The highest BCUT2D eigenvalue weighted by Crippen LogP contribution is 2.43. The summed E-state index contributed by atoms with van der Waals surface area (Å²) >= 11 is 7.67. The van der Waals surface area contributed by atoms with Crippen LogP contribution in [0.4, 0.5) is 0 Å². The summed E-state index contributed by atoms with van der Waals surface area (Å²) in [5.41, 5.74) is 0. The van der Waals surface area contributed by atoms with Gasteiger partial charge in [-0.25, -0.2) is 0 Å². The molecule has 1 rings (SSSR count). The molecular formula is C7H15BrS2. The molecule has 0 spiro atoms. The molecule has 0 bridgehead atoms. The molecule has 0 amide bonds. The monoisotopic (exact) mass is 242 g/mol. The van der Waals surface area contributed by atoms with E-state index in [4.69, 9.17) is 0 Å². The maximum Gasteiger partial charge on any atom is 0.0605 e. The second kappa shape index (κ2) is 4.94. The van der Waals surface area contributed by atoms with Gasteiger partial charge >= 0.3 is 0 Å². The number of hydrogen-bond acceptors (Lipinski definition) is 2. The summed E-state index contributed by atoms with van der Waals surface area (Å²) in [5, 5.41) is 2.83. The molecular weight excluding hydrogens is 228 g/mol. The lowest BCUT2D eigenvalue weighted by atomic mass is 10.4. The Balaban J connectivity index is 0.000000810. The third kappa shape index (κ3) is 2.67. The first-order chi connectivity index (χ1) is 4.24. The van der Waals surface area contributed by atoms with Gasteiger partial charge in [0, 0.05) is 15.8 Å². The normalized spacial score (nSPS) is 39.3. The van der Waals surface area contributed by atoms with Crippen LogP contribution in [-0.2, 0) is 0 Å². The Morgan fingerprint density at radius 3 is 1.80 bits per heavy atom. The van der Waals surface area contributed by atoms with E-state index in [0.717, 1.165) is 20.4 Å². The van der Waals surface area contributed by atoms with Crippen LogP contribution in [0.3, 0.4) is 0 Å². The van der Waals surface area contributed by atoms with Crippen LogP contribution in [0.1, 0.15) is 21.3 Å². The molecule has 0 aromatic rings. The Hall–Kier alpha value is 1.18. The highest BCUT2D eigenvalue weighted by molar-refractivity contribution is 9.09. The van der Waals surface area contributed by atoms with Crippen molar-refractivity contribution < 1.29 is 0 Å². The third-order valence-electron chi connectivity index (χ3n) is 1.52. The smallest absolute Gasteiger partial charge is 0.0605 e. The van der Waals surface area contributed by atoms with Crippen LogP contribution in [0.2, 0.25) is 0 Å². The van der Waals surface area contributed by atoms with Crippen molar-refractivity contribution in [1.29, 1.82) is 0 Å². The fourth-order valence-corrected chi connectivity index (χ4v) is 4.96. The second-order valence-electron chi connectivity index (χ2n) is 2.27. The Kier molecular flexibility index (Phi) is 5.52. The lowest BCUT2D eigenvalue weighted by molar-refractivity contribution is 0.941. The molecule has 62 valence electrons. The lowest BCUT2D eigenvalue weighted by Crippen LogP contribution is -2.04. The van der Waals surface area contributed by atoms with Gasteiger partial charge in [0.25, 0.3) is 0 Å². The molecule has 2 atom stereocenters. The van der Waals surface area contributed by atoms with E-state index in [-0.39, 0.29) is 7.43 Å². The van der Waals surface area contributed by atoms with Gasteiger partial charge < -0.3 is 0 Å². The first-order valence-corrected chi connectivity index (χ1v) is 6.11. The maximum absolute atomic E-state index is 3.49. The van der Waals surface area contributed by atoms with Gasteiger partial charge in [0.05, 0.1) is 4.58 Å². The van der Waals surface area contributed by atoms with Crippen molar-refractivity contribution in [3.05, 3.63) is 0 Å². The first-order valence-electron chi connectivity index (χ1n) is 3.11. The summed E-state index contributed by atoms with van der Waals surface area (Å²) in [5.74, 6) is 0. The Labute approximate surface area is 81.0 Å². The van der Waals surface area contributed by atoms with Gasteiger partial charge in [0.1, 0.15) is 0 Å². The molecule has 0 saturated carbocycles. The highest BCUT2D eigenvalue weighted by atomic mass is 79.9. The van der Waals surface area contributed by atoms with Crippen molar-refractivity contribution in [2.45, 2.75) is 36.4 Å². The van der Waals surface area contributed by atoms with E-state index in [2.05, 4.69) is 53.3 Å². The number of thioether (sulfide) groups is 2. The van der Waals surface area contributed by atoms with E-state index in [1.807, 2.05) is 0 Å². The van der Waals surface area contributed by atoms with E-state index < -0.39 is 0 Å². The van der Waals surface area contributed by atoms with Crippen LogP contribution in [0.25, 0.3) is 0 Å². The zero-order chi connectivity index (χ0) is 6.85. The predicted octanol–water partition coefficient (Wildman–Crippen LogP) is 3.60. The van der Waals surface area contributed by atoms with Gasteiger partial charge in [-0.05, 0) is 0 Å². The van der Waals surface area contributed by atoms with Crippen molar-refractivity contribution in [3.63, 3.8) is 0 Å². The third-order valence-corrected chi connectivity index (χ3v) is 6.48. The summed E-state index contributed by atoms with van der Waals surface area (Å²) in [6, 6.07) is 0. The molecule has 0 N–H and O–H groups in total. The molecule has 0 aromatic carbocycles. The quantitative estimate of drug-likeness (QED) is 0.645. The minimum Gasteiger partial charge on any atom is -0.142 e. The van der Waals surface area contributed by atoms with Gasteiger partial charge in [-0.3, -0.25) is 0 Å². The minimum absolute atomic E-state index is 0. The van der Waals surface area contributed by atoms with Crippen molar-refractivity contribution in [2.24, 2.45) is 0 Å². The fourth-order valence-electron chi connectivity index (χ4n) is 0.805. The zero-order valence-corrected chi connectivity index (χ0v) is 8.85. The molecule has 1 saturated heterocycles. The number of hydrogen-bond donors (Lipinski definition) is 0. The van der Waals surface area contributed by atoms with Crippen LogP contribution in [0, 0.1) is 0 Å². The molecule has 2 unspecified atom stereocenters. The highest BCUT2D eigenvalue weighted by Gasteiger charge is 2.28. The van der Waals surface area contributed by atoms with E-state index >= 15 is 0 Å². The molecule has 1 fully saturated rings. The number of halogens is 1. The number of alkyl halides is 1. The summed E-state index contributed by atoms with van der Waals surface area (Å²) in [6.45, 7) is 4.62. The molecule has 0 aliphatic carbocycles. The van der Waals surface area contributed by atoms with Gasteiger partial charge in [-0.2, -0.15) is 0 Å². The molecule has 1 aliphatic heterocycles. The topological polar surface area (TPSA) is 0 Å². The van der Waals surface area contributed by atoms with E-state index in [1.165, 1.54) is 0 Å². The van der Waals surface area contributed by atoms with Gasteiger partial charge in [-0.15, -0.1) is 23.5 Å². The van der Waals surface area contributed by atoms with E-state index in [1.54, 1.807) is 0 Å². The Morgan fingerprint density at radius 2 is 1.60 bits per heavy atom. The molecule has 1 heterocycles. The lowest BCUT2D eigenvalue weighted by Gasteiger charge is -2.02. The van der Waals surface area contributed by atoms with Crippen LogP contribution in [0.5, 0.6) is 0 Å². The van der Waals surface area contributed by atoms with Gasteiger partial charge in [0.15, 0.2) is 0 Å². The SMILES string of the molecule is C.CC1SC(CBr)SC1C. The molecule has 0 nitrogen and oxygen atoms in total. The molecule has 0 aromatic heterocycles. The van der Waals surface area contributed by atoms with Crippen LogP contribution >= 0.6 is 39.5 Å². The first kappa shape index (κ1) is 11.2. The van der Waals surface area contributed by atoms with Crippen molar-refractivity contribution in [3.8, 4) is 0 Å². The van der Waals surface area contributed by atoms with Crippen molar-refractivity contribution in [1.82, 2.24) is 0 Å². The van der Waals surface area contributed by atoms with Crippen molar-refractivity contribution >= 4 is 39.5 Å². The summed E-state index contributed by atoms with van der Waals surface area (Å²) in [7, 11) is 0. The number of rotatable bonds is 1. The maximum atomic E-state index is 3.49. The molecule has 3 heteroatoms. The fraction of sp³-hybridized carbons (Fsp3) is 1.00. The largest absolute Gasteiger partial charge is 0.142 e. The Bertz CT molecular complexity index is 87.6. The molecule has 0 radical (unpaired) electrons. The van der Waals surface area contributed by atoms with Gasteiger partial charge in [0.2, 0.25) is 0 Å². The van der Waals surface area contributed by atoms with Crippen LogP contribution in [0.15, 0.2) is 0 Å². The predicted molar refractivity (Wildman–Crippen MR) is 58.4 cm³/mol. The molecule has 1 aliphatic rings. The van der Waals surface area contributed by atoms with Crippen LogP contribution in [-0.4, -0.2) is 20.4 Å². The summed E-state index contributed by atoms with van der Waals surface area (Å²) < 4.78 is 0.801. The Morgan fingerprint density at radius 1 is 1.20 bits per heavy atom. The van der Waals surface area contributed by atoms with Crippen LogP contribution < -0.4 is 0 Å². The van der Waals surface area contributed by atoms with Crippen molar-refractivity contribution in [2.75, 3.05) is 5.33 Å². The summed E-state index contributed by atoms with van der Waals surface area (Å²) in [6.07, 6.45) is 0. The average Bonchev–Trinajstić information content (AvgIpc) is 2.13. The molecule has 10 heavy (non-hydrogen) atoms.